The zero-order valence-corrected chi connectivity index (χ0v) is 16.2. The first-order chi connectivity index (χ1) is 14.2. The van der Waals surface area contributed by atoms with Crippen molar-refractivity contribution in [2.24, 2.45) is 0 Å². The molecule has 2 aliphatic rings. The molecule has 0 aromatic heterocycles. The third kappa shape index (κ3) is 2.35. The SMILES string of the molecule is CC1(c2ccccc2)C=Cc2c3c(c4ccccc4c2O1)-c1ccccc1OC3. The van der Waals surface area contributed by atoms with E-state index >= 15 is 0 Å². The van der Waals surface area contributed by atoms with Crippen LogP contribution in [0.2, 0.25) is 0 Å². The van der Waals surface area contributed by atoms with Gasteiger partial charge in [0.05, 0.1) is 0 Å². The standard InChI is InChI=1S/C27H20O2/c1-27(18-9-3-2-4-10-18)16-15-21-23-17-28-24-14-8-7-13-22(24)25(23)19-11-5-6-12-20(19)26(21)29-27/h2-16H,17H2,1H3. The lowest BCUT2D eigenvalue weighted by atomic mass is 9.84. The van der Waals surface area contributed by atoms with Crippen LogP contribution in [0.4, 0.5) is 0 Å². The molecule has 1 unspecified atom stereocenters. The Morgan fingerprint density at radius 2 is 1.52 bits per heavy atom. The highest BCUT2D eigenvalue weighted by atomic mass is 16.5. The third-order valence-electron chi connectivity index (χ3n) is 6.07. The van der Waals surface area contributed by atoms with E-state index in [1.807, 2.05) is 18.2 Å². The lowest BCUT2D eigenvalue weighted by Gasteiger charge is -2.35. The van der Waals surface area contributed by atoms with Crippen LogP contribution < -0.4 is 9.47 Å². The Kier molecular flexibility index (Phi) is 3.39. The molecule has 0 saturated carbocycles. The van der Waals surface area contributed by atoms with Crippen molar-refractivity contribution < 1.29 is 9.47 Å². The summed E-state index contributed by atoms with van der Waals surface area (Å²) >= 11 is 0. The molecule has 4 aromatic carbocycles. The highest BCUT2D eigenvalue weighted by Crippen LogP contribution is 2.50. The van der Waals surface area contributed by atoms with Crippen LogP contribution in [0.1, 0.15) is 23.6 Å². The summed E-state index contributed by atoms with van der Waals surface area (Å²) in [4.78, 5) is 0. The fourth-order valence-electron chi connectivity index (χ4n) is 4.58. The van der Waals surface area contributed by atoms with Crippen molar-refractivity contribution in [1.82, 2.24) is 0 Å². The van der Waals surface area contributed by atoms with Gasteiger partial charge in [0.25, 0.3) is 0 Å². The first-order valence-corrected chi connectivity index (χ1v) is 9.98. The molecule has 2 heterocycles. The number of benzene rings is 4. The molecule has 0 radical (unpaired) electrons. The van der Waals surface area contributed by atoms with Gasteiger partial charge in [-0.05, 0) is 30.0 Å². The predicted molar refractivity (Wildman–Crippen MR) is 117 cm³/mol. The van der Waals surface area contributed by atoms with Crippen LogP contribution in [0, 0.1) is 0 Å². The van der Waals surface area contributed by atoms with Crippen molar-refractivity contribution in [2.75, 3.05) is 0 Å². The summed E-state index contributed by atoms with van der Waals surface area (Å²) in [5.41, 5.74) is 5.38. The van der Waals surface area contributed by atoms with Gasteiger partial charge in [0.2, 0.25) is 0 Å². The lowest BCUT2D eigenvalue weighted by molar-refractivity contribution is 0.140. The molecule has 0 spiro atoms. The first kappa shape index (κ1) is 16.4. The zero-order valence-electron chi connectivity index (χ0n) is 16.2. The molecule has 0 amide bonds. The van der Waals surface area contributed by atoms with Crippen LogP contribution in [0.5, 0.6) is 11.5 Å². The van der Waals surface area contributed by atoms with Crippen LogP contribution in [-0.4, -0.2) is 0 Å². The molecule has 0 N–H and O–H groups in total. The topological polar surface area (TPSA) is 18.5 Å². The normalized spacial score (nSPS) is 18.9. The smallest absolute Gasteiger partial charge is 0.150 e. The molecule has 2 heteroatoms. The molecule has 0 saturated heterocycles. The molecule has 2 nitrogen and oxygen atoms in total. The quantitative estimate of drug-likeness (QED) is 0.367. The van der Waals surface area contributed by atoms with Gasteiger partial charge >= 0.3 is 0 Å². The Morgan fingerprint density at radius 3 is 2.38 bits per heavy atom. The molecule has 4 aromatic rings. The summed E-state index contributed by atoms with van der Waals surface area (Å²) in [5, 5.41) is 2.35. The van der Waals surface area contributed by atoms with Crippen LogP contribution in [-0.2, 0) is 12.2 Å². The van der Waals surface area contributed by atoms with E-state index in [1.165, 1.54) is 16.5 Å². The van der Waals surface area contributed by atoms with Gasteiger partial charge < -0.3 is 9.47 Å². The van der Waals surface area contributed by atoms with Crippen molar-refractivity contribution in [3.8, 4) is 22.6 Å². The second-order valence-corrected chi connectivity index (χ2v) is 7.84. The fourth-order valence-corrected chi connectivity index (χ4v) is 4.58. The molecule has 1 atom stereocenters. The molecule has 29 heavy (non-hydrogen) atoms. The van der Waals surface area contributed by atoms with E-state index in [9.17, 15) is 0 Å². The molecular weight excluding hydrogens is 356 g/mol. The van der Waals surface area contributed by atoms with Gasteiger partial charge in [-0.15, -0.1) is 0 Å². The Bertz CT molecular complexity index is 1290. The van der Waals surface area contributed by atoms with Gasteiger partial charge in [0.15, 0.2) is 0 Å². The second-order valence-electron chi connectivity index (χ2n) is 7.84. The average molecular weight is 376 g/mol. The van der Waals surface area contributed by atoms with Gasteiger partial charge in [0, 0.05) is 27.6 Å². The predicted octanol–water partition coefficient (Wildman–Crippen LogP) is 6.72. The van der Waals surface area contributed by atoms with Crippen LogP contribution in [0.15, 0.2) is 84.9 Å². The van der Waals surface area contributed by atoms with Crippen molar-refractivity contribution in [3.05, 3.63) is 102 Å². The van der Waals surface area contributed by atoms with E-state index in [4.69, 9.17) is 9.47 Å². The Balaban J connectivity index is 1.65. The van der Waals surface area contributed by atoms with Gasteiger partial charge in [-0.25, -0.2) is 0 Å². The molecule has 6 rings (SSSR count). The Morgan fingerprint density at radius 1 is 0.793 bits per heavy atom. The van der Waals surface area contributed by atoms with Gasteiger partial charge in [-0.1, -0.05) is 78.9 Å². The summed E-state index contributed by atoms with van der Waals surface area (Å²) in [6.07, 6.45) is 4.38. The minimum atomic E-state index is -0.501. The Hall–Kier alpha value is -3.52. The molecule has 0 fully saturated rings. The summed E-state index contributed by atoms with van der Waals surface area (Å²) in [5.74, 6) is 1.89. The molecular formula is C27H20O2. The maximum atomic E-state index is 6.73. The van der Waals surface area contributed by atoms with Crippen LogP contribution >= 0.6 is 0 Å². The number of para-hydroxylation sites is 1. The summed E-state index contributed by atoms with van der Waals surface area (Å²) in [6, 6.07) is 27.2. The number of hydrogen-bond donors (Lipinski definition) is 0. The second kappa shape index (κ2) is 5.99. The van der Waals surface area contributed by atoms with Crippen LogP contribution in [0.25, 0.3) is 28.0 Å². The van der Waals surface area contributed by atoms with E-state index < -0.39 is 5.60 Å². The monoisotopic (exact) mass is 376 g/mol. The number of ether oxygens (including phenoxy) is 2. The van der Waals surface area contributed by atoms with Gasteiger partial charge in [0.1, 0.15) is 23.7 Å². The summed E-state index contributed by atoms with van der Waals surface area (Å²) in [6.45, 7) is 2.68. The minimum Gasteiger partial charge on any atom is -0.488 e. The minimum absolute atomic E-state index is 0.501. The fraction of sp³-hybridized carbons (Fsp3) is 0.111. The van der Waals surface area contributed by atoms with Crippen molar-refractivity contribution >= 4 is 16.8 Å². The molecule has 0 bridgehead atoms. The van der Waals surface area contributed by atoms with Gasteiger partial charge in [-0.2, -0.15) is 0 Å². The zero-order chi connectivity index (χ0) is 19.4. The lowest BCUT2D eigenvalue weighted by Crippen LogP contribution is -2.29. The third-order valence-corrected chi connectivity index (χ3v) is 6.07. The van der Waals surface area contributed by atoms with Crippen molar-refractivity contribution in [2.45, 2.75) is 19.1 Å². The van der Waals surface area contributed by atoms with E-state index in [1.54, 1.807) is 0 Å². The molecule has 140 valence electrons. The highest BCUT2D eigenvalue weighted by Gasteiger charge is 2.34. The first-order valence-electron chi connectivity index (χ1n) is 9.98. The number of rotatable bonds is 1. The summed E-state index contributed by atoms with van der Waals surface area (Å²) < 4.78 is 12.8. The number of hydrogen-bond acceptors (Lipinski definition) is 2. The van der Waals surface area contributed by atoms with E-state index in [0.717, 1.165) is 33.6 Å². The van der Waals surface area contributed by atoms with Crippen molar-refractivity contribution in [1.29, 1.82) is 0 Å². The maximum Gasteiger partial charge on any atom is 0.150 e. The maximum absolute atomic E-state index is 6.73. The average Bonchev–Trinajstić information content (AvgIpc) is 2.79. The van der Waals surface area contributed by atoms with Crippen molar-refractivity contribution in [3.63, 3.8) is 0 Å². The number of fused-ring (bicyclic) bond motifs is 8. The Labute approximate surface area is 170 Å². The van der Waals surface area contributed by atoms with Crippen LogP contribution in [0.3, 0.4) is 0 Å². The van der Waals surface area contributed by atoms with E-state index in [-0.39, 0.29) is 0 Å². The van der Waals surface area contributed by atoms with Gasteiger partial charge in [-0.3, -0.25) is 0 Å². The van der Waals surface area contributed by atoms with E-state index in [0.29, 0.717) is 6.61 Å². The molecule has 2 aliphatic heterocycles. The van der Waals surface area contributed by atoms with E-state index in [2.05, 4.69) is 79.7 Å². The largest absolute Gasteiger partial charge is 0.488 e. The summed E-state index contributed by atoms with van der Waals surface area (Å²) in [7, 11) is 0. The highest BCUT2D eigenvalue weighted by molar-refractivity contribution is 6.06. The molecule has 0 aliphatic carbocycles.